The average molecular weight is 168 g/mol. The predicted octanol–water partition coefficient (Wildman–Crippen LogP) is -0.649. The van der Waals surface area contributed by atoms with Crippen LogP contribution in [0.3, 0.4) is 0 Å². The molecule has 2 N–H and O–H groups in total. The molecule has 0 radical (unpaired) electrons. The number of carbonyl (C=O) groups excluding carboxylic acids is 1. The van der Waals surface area contributed by atoms with Gasteiger partial charge in [-0.2, -0.15) is 12.6 Å². The third-order valence-electron chi connectivity index (χ3n) is 0.348. The minimum Gasteiger partial charge on any atom is -0.540 e. The normalized spacial score (nSPS) is 11.7. The summed E-state index contributed by atoms with van der Waals surface area (Å²) >= 11 is 3.71. The molecule has 46 valence electrons. The van der Waals surface area contributed by atoms with Crippen LogP contribution in [0.2, 0.25) is 0 Å². The first kappa shape index (κ1) is 10.5. The maximum absolute atomic E-state index is 9.44. The number of hydrogen-bond acceptors (Lipinski definition) is 3. The van der Waals surface area contributed by atoms with Crippen molar-refractivity contribution in [1.29, 1.82) is 0 Å². The quantitative estimate of drug-likeness (QED) is 0.326. The van der Waals surface area contributed by atoms with E-state index in [0.29, 0.717) is 5.75 Å². The minimum atomic E-state index is -0.506. The second kappa shape index (κ2) is 6.50. The summed E-state index contributed by atoms with van der Waals surface area (Å²) in [4.78, 5) is 9.44. The van der Waals surface area contributed by atoms with Gasteiger partial charge in [-0.3, -0.25) is 0 Å². The van der Waals surface area contributed by atoms with Gasteiger partial charge >= 0.3 is 17.1 Å². The van der Waals surface area contributed by atoms with Gasteiger partial charge in [-0.15, -0.1) is 0 Å². The topological polar surface area (TPSA) is 43.1 Å². The van der Waals surface area contributed by atoms with E-state index >= 15 is 0 Å². The van der Waals surface area contributed by atoms with Crippen LogP contribution in [0.15, 0.2) is 0 Å². The number of rotatable bonds is 2. The van der Waals surface area contributed by atoms with Crippen molar-refractivity contribution in [2.24, 2.45) is 5.73 Å². The zero-order chi connectivity index (χ0) is 4.99. The summed E-state index contributed by atoms with van der Waals surface area (Å²) in [5.74, 6) is 0.378. The van der Waals surface area contributed by atoms with Crippen molar-refractivity contribution < 1.29 is 21.9 Å². The van der Waals surface area contributed by atoms with E-state index in [4.69, 9.17) is 5.73 Å². The van der Waals surface area contributed by atoms with Crippen molar-refractivity contribution in [2.45, 2.75) is 6.04 Å². The SMILES string of the molecule is NC([C-]=O)CS.[Cu+]. The average Bonchev–Trinajstić information content (AvgIpc) is 1.65. The molecule has 0 amide bonds. The third kappa shape index (κ3) is 6.50. The molecule has 0 spiro atoms. The van der Waals surface area contributed by atoms with E-state index in [1.54, 1.807) is 6.29 Å². The fourth-order valence-corrected chi connectivity index (χ4v) is 0.112. The Morgan fingerprint density at radius 1 is 1.86 bits per heavy atom. The van der Waals surface area contributed by atoms with Gasteiger partial charge in [0.05, 0.1) is 0 Å². The van der Waals surface area contributed by atoms with Crippen molar-refractivity contribution in [3.8, 4) is 0 Å². The molecule has 0 saturated carbocycles. The van der Waals surface area contributed by atoms with E-state index in [1.165, 1.54) is 0 Å². The fourth-order valence-electron chi connectivity index (χ4n) is 0.0373. The monoisotopic (exact) mass is 167 g/mol. The zero-order valence-corrected chi connectivity index (χ0v) is 5.35. The number of nitrogens with two attached hydrogens (primary N) is 1. The van der Waals surface area contributed by atoms with Crippen LogP contribution in [0.25, 0.3) is 0 Å². The van der Waals surface area contributed by atoms with Crippen LogP contribution >= 0.6 is 12.6 Å². The smallest absolute Gasteiger partial charge is 0.540 e. The molecule has 0 fully saturated rings. The van der Waals surface area contributed by atoms with Gasteiger partial charge in [0.2, 0.25) is 0 Å². The van der Waals surface area contributed by atoms with Crippen LogP contribution < -0.4 is 5.73 Å². The van der Waals surface area contributed by atoms with E-state index in [1.807, 2.05) is 0 Å². The van der Waals surface area contributed by atoms with E-state index in [2.05, 4.69) is 12.6 Å². The molecule has 7 heavy (non-hydrogen) atoms. The molecule has 0 aliphatic heterocycles. The van der Waals surface area contributed by atoms with Crippen LogP contribution in [0.5, 0.6) is 0 Å². The van der Waals surface area contributed by atoms with E-state index in [-0.39, 0.29) is 17.1 Å². The van der Waals surface area contributed by atoms with Crippen LogP contribution in [-0.2, 0) is 21.9 Å². The van der Waals surface area contributed by atoms with Crippen molar-refractivity contribution in [1.82, 2.24) is 0 Å². The summed E-state index contributed by atoms with van der Waals surface area (Å²) in [6.07, 6.45) is 1.57. The van der Waals surface area contributed by atoms with Crippen LogP contribution in [0, 0.1) is 0 Å². The molecule has 0 saturated heterocycles. The molecule has 0 aromatic rings. The van der Waals surface area contributed by atoms with Crippen molar-refractivity contribution in [3.63, 3.8) is 0 Å². The molecule has 0 aromatic heterocycles. The Morgan fingerprint density at radius 3 is 2.29 bits per heavy atom. The maximum atomic E-state index is 9.44. The first-order valence-corrected chi connectivity index (χ1v) is 2.18. The summed E-state index contributed by atoms with van der Waals surface area (Å²) in [6.45, 7) is 0. The Hall–Kier alpha value is 0.499. The molecule has 2 nitrogen and oxygen atoms in total. The Bertz CT molecular complexity index is 52.2. The molecule has 4 heteroatoms. The van der Waals surface area contributed by atoms with Crippen molar-refractivity contribution in [2.75, 3.05) is 5.75 Å². The van der Waals surface area contributed by atoms with Crippen LogP contribution in [0.4, 0.5) is 0 Å². The van der Waals surface area contributed by atoms with E-state index < -0.39 is 6.04 Å². The maximum Gasteiger partial charge on any atom is 1.00 e. The molecule has 0 aromatic carbocycles. The van der Waals surface area contributed by atoms with Crippen LogP contribution in [0.1, 0.15) is 0 Å². The molecular weight excluding hydrogens is 162 g/mol. The zero-order valence-electron chi connectivity index (χ0n) is 3.52. The third-order valence-corrected chi connectivity index (χ3v) is 0.741. The molecule has 0 aliphatic rings. The second-order valence-electron chi connectivity index (χ2n) is 0.907. The fraction of sp³-hybridized carbons (Fsp3) is 0.667. The predicted molar refractivity (Wildman–Crippen MR) is 27.5 cm³/mol. The van der Waals surface area contributed by atoms with Gasteiger partial charge in [0.15, 0.2) is 0 Å². The van der Waals surface area contributed by atoms with Gasteiger partial charge in [-0.1, -0.05) is 6.04 Å². The summed E-state index contributed by atoms with van der Waals surface area (Å²) in [6, 6.07) is -0.506. The van der Waals surface area contributed by atoms with Gasteiger partial charge in [0, 0.05) is 0 Å². The van der Waals surface area contributed by atoms with Gasteiger partial charge in [0.25, 0.3) is 0 Å². The molecule has 1 unspecified atom stereocenters. The van der Waals surface area contributed by atoms with Crippen molar-refractivity contribution in [3.05, 3.63) is 0 Å². The summed E-state index contributed by atoms with van der Waals surface area (Å²) in [7, 11) is 0. The summed E-state index contributed by atoms with van der Waals surface area (Å²) < 4.78 is 0. The Kier molecular flexibility index (Phi) is 9.73. The molecule has 1 atom stereocenters. The Morgan fingerprint density at radius 2 is 2.29 bits per heavy atom. The Labute approximate surface area is 58.7 Å². The summed E-state index contributed by atoms with van der Waals surface area (Å²) in [5, 5.41) is 0. The summed E-state index contributed by atoms with van der Waals surface area (Å²) in [5.41, 5.74) is 4.97. The molecule has 0 rings (SSSR count). The first-order chi connectivity index (χ1) is 2.81. The molecule has 0 heterocycles. The molecule has 0 bridgehead atoms. The van der Waals surface area contributed by atoms with Crippen molar-refractivity contribution >= 4 is 18.9 Å². The van der Waals surface area contributed by atoms with Gasteiger partial charge < -0.3 is 10.5 Å². The number of hydrogen-bond donors (Lipinski definition) is 2. The van der Waals surface area contributed by atoms with E-state index in [9.17, 15) is 4.79 Å². The Balaban J connectivity index is 0. The molecule has 0 aliphatic carbocycles. The largest absolute Gasteiger partial charge is 1.00 e. The first-order valence-electron chi connectivity index (χ1n) is 1.55. The van der Waals surface area contributed by atoms with Crippen LogP contribution in [-0.4, -0.2) is 18.1 Å². The van der Waals surface area contributed by atoms with Gasteiger partial charge in [-0.25, -0.2) is 6.29 Å². The second-order valence-corrected chi connectivity index (χ2v) is 1.27. The standard InChI is InChI=1S/C3H6NOS.Cu/c4-3(1-5)2-6;/h3,6H,2,4H2;/q-1;+1. The number of thiol groups is 1. The minimum absolute atomic E-state index is 0. The van der Waals surface area contributed by atoms with E-state index in [0.717, 1.165) is 0 Å². The van der Waals surface area contributed by atoms with Gasteiger partial charge in [0.1, 0.15) is 0 Å². The molecular formula is C3H6CuNOS. The van der Waals surface area contributed by atoms with Gasteiger partial charge in [-0.05, 0) is 5.75 Å².